The molecule has 0 radical (unpaired) electrons. The average Bonchev–Trinajstić information content (AvgIpc) is 2.50. The van der Waals surface area contributed by atoms with Crippen LogP contribution in [0.15, 0.2) is 54.6 Å². The molecule has 0 aliphatic rings. The average molecular weight is 288 g/mol. The van der Waals surface area contributed by atoms with E-state index in [1.807, 2.05) is 12.1 Å². The second-order valence-corrected chi connectivity index (χ2v) is 5.45. The molecule has 0 amide bonds. The van der Waals surface area contributed by atoms with E-state index >= 15 is 0 Å². The lowest BCUT2D eigenvalue weighted by Gasteiger charge is -2.19. The SMILES string of the molecule is CCCNC(CCc1ccccc1Cl)c1ccccc1. The first-order valence-electron chi connectivity index (χ1n) is 7.33. The van der Waals surface area contributed by atoms with Crippen molar-refractivity contribution >= 4 is 11.6 Å². The number of rotatable bonds is 7. The molecule has 1 nitrogen and oxygen atoms in total. The summed E-state index contributed by atoms with van der Waals surface area (Å²) in [5.41, 5.74) is 2.58. The Balaban J connectivity index is 2.03. The predicted octanol–water partition coefficient (Wildman–Crippen LogP) is 5.01. The Morgan fingerprint density at radius 2 is 1.70 bits per heavy atom. The van der Waals surface area contributed by atoms with Crippen LogP contribution in [0.5, 0.6) is 0 Å². The van der Waals surface area contributed by atoms with Gasteiger partial charge in [0.25, 0.3) is 0 Å². The van der Waals surface area contributed by atoms with Crippen molar-refractivity contribution < 1.29 is 0 Å². The highest BCUT2D eigenvalue weighted by molar-refractivity contribution is 6.31. The summed E-state index contributed by atoms with van der Waals surface area (Å²) < 4.78 is 0. The van der Waals surface area contributed by atoms with Crippen LogP contribution in [0, 0.1) is 0 Å². The summed E-state index contributed by atoms with van der Waals surface area (Å²) in [6.45, 7) is 3.24. The molecule has 0 aliphatic heterocycles. The molecule has 1 unspecified atom stereocenters. The normalized spacial score (nSPS) is 12.3. The van der Waals surface area contributed by atoms with Gasteiger partial charge in [0.05, 0.1) is 0 Å². The van der Waals surface area contributed by atoms with Gasteiger partial charge in [0.1, 0.15) is 0 Å². The van der Waals surface area contributed by atoms with Gasteiger partial charge in [-0.15, -0.1) is 0 Å². The Kier molecular flexibility index (Phi) is 6.10. The first kappa shape index (κ1) is 15.1. The maximum absolute atomic E-state index is 6.24. The minimum atomic E-state index is 0.396. The van der Waals surface area contributed by atoms with Crippen molar-refractivity contribution in [1.29, 1.82) is 0 Å². The molecular weight excluding hydrogens is 266 g/mol. The fraction of sp³-hybridized carbons (Fsp3) is 0.333. The van der Waals surface area contributed by atoms with E-state index in [9.17, 15) is 0 Å². The molecule has 0 spiro atoms. The second-order valence-electron chi connectivity index (χ2n) is 5.05. The smallest absolute Gasteiger partial charge is 0.0437 e. The highest BCUT2D eigenvalue weighted by Gasteiger charge is 2.11. The van der Waals surface area contributed by atoms with E-state index in [1.165, 1.54) is 11.1 Å². The third-order valence-electron chi connectivity index (χ3n) is 3.50. The number of benzene rings is 2. The standard InChI is InChI=1S/C18H22ClN/c1-2-14-20-18(16-9-4-3-5-10-16)13-12-15-8-6-7-11-17(15)19/h3-11,18,20H,2,12-14H2,1H3. The molecule has 0 saturated carbocycles. The maximum Gasteiger partial charge on any atom is 0.0437 e. The van der Waals surface area contributed by atoms with Gasteiger partial charge in [-0.2, -0.15) is 0 Å². The molecule has 0 fully saturated rings. The van der Waals surface area contributed by atoms with Crippen molar-refractivity contribution in [3.8, 4) is 0 Å². The molecule has 0 saturated heterocycles. The van der Waals surface area contributed by atoms with Crippen molar-refractivity contribution in [2.75, 3.05) is 6.54 Å². The topological polar surface area (TPSA) is 12.0 Å². The highest BCUT2D eigenvalue weighted by atomic mass is 35.5. The van der Waals surface area contributed by atoms with Crippen LogP contribution >= 0.6 is 11.6 Å². The largest absolute Gasteiger partial charge is 0.310 e. The third-order valence-corrected chi connectivity index (χ3v) is 3.87. The van der Waals surface area contributed by atoms with Gasteiger partial charge in [-0.1, -0.05) is 67.1 Å². The van der Waals surface area contributed by atoms with Crippen LogP contribution < -0.4 is 5.32 Å². The van der Waals surface area contributed by atoms with E-state index in [2.05, 4.69) is 54.7 Å². The highest BCUT2D eigenvalue weighted by Crippen LogP contribution is 2.22. The Morgan fingerprint density at radius 3 is 2.40 bits per heavy atom. The minimum Gasteiger partial charge on any atom is -0.310 e. The molecule has 2 aromatic carbocycles. The Bertz CT molecular complexity index is 510. The van der Waals surface area contributed by atoms with Gasteiger partial charge >= 0.3 is 0 Å². The fourth-order valence-electron chi connectivity index (χ4n) is 2.39. The van der Waals surface area contributed by atoms with Crippen LogP contribution in [0.2, 0.25) is 5.02 Å². The van der Waals surface area contributed by atoms with E-state index in [1.54, 1.807) is 0 Å². The zero-order valence-electron chi connectivity index (χ0n) is 12.0. The summed E-state index contributed by atoms with van der Waals surface area (Å²) in [6.07, 6.45) is 3.21. The van der Waals surface area contributed by atoms with E-state index in [0.29, 0.717) is 6.04 Å². The number of hydrogen-bond acceptors (Lipinski definition) is 1. The lowest BCUT2D eigenvalue weighted by Crippen LogP contribution is -2.22. The molecule has 0 aliphatic carbocycles. The Hall–Kier alpha value is -1.31. The van der Waals surface area contributed by atoms with Crippen molar-refractivity contribution in [3.05, 3.63) is 70.7 Å². The summed E-state index contributed by atoms with van der Waals surface area (Å²) in [5.74, 6) is 0. The molecule has 0 aromatic heterocycles. The molecule has 2 aromatic rings. The molecule has 0 heterocycles. The van der Waals surface area contributed by atoms with Crippen molar-refractivity contribution in [1.82, 2.24) is 5.32 Å². The molecule has 1 atom stereocenters. The van der Waals surface area contributed by atoms with Crippen LogP contribution in [0.3, 0.4) is 0 Å². The first-order valence-corrected chi connectivity index (χ1v) is 7.70. The number of nitrogens with one attached hydrogen (secondary N) is 1. The second kappa shape index (κ2) is 8.08. The van der Waals surface area contributed by atoms with Gasteiger partial charge in [-0.05, 0) is 43.0 Å². The van der Waals surface area contributed by atoms with Crippen LogP contribution in [0.4, 0.5) is 0 Å². The maximum atomic E-state index is 6.24. The third kappa shape index (κ3) is 4.36. The van der Waals surface area contributed by atoms with Crippen molar-refractivity contribution in [2.45, 2.75) is 32.2 Å². The Labute approximate surface area is 127 Å². The monoisotopic (exact) mass is 287 g/mol. The summed E-state index contributed by atoms with van der Waals surface area (Å²) in [7, 11) is 0. The van der Waals surface area contributed by atoms with E-state index in [4.69, 9.17) is 11.6 Å². The quantitative estimate of drug-likeness (QED) is 0.754. The Morgan fingerprint density at radius 1 is 1.00 bits per heavy atom. The van der Waals surface area contributed by atoms with Gasteiger partial charge in [0.15, 0.2) is 0 Å². The van der Waals surface area contributed by atoms with Crippen LogP contribution in [-0.4, -0.2) is 6.54 Å². The molecular formula is C18H22ClN. The van der Waals surface area contributed by atoms with E-state index in [-0.39, 0.29) is 0 Å². The molecule has 2 rings (SSSR count). The minimum absolute atomic E-state index is 0.396. The van der Waals surface area contributed by atoms with E-state index in [0.717, 1.165) is 30.8 Å². The first-order chi connectivity index (χ1) is 9.81. The number of halogens is 1. The molecule has 20 heavy (non-hydrogen) atoms. The molecule has 2 heteroatoms. The van der Waals surface area contributed by atoms with Gasteiger partial charge in [0, 0.05) is 11.1 Å². The number of aryl methyl sites for hydroxylation is 1. The van der Waals surface area contributed by atoms with Crippen LogP contribution in [0.1, 0.15) is 36.9 Å². The number of hydrogen-bond donors (Lipinski definition) is 1. The lowest BCUT2D eigenvalue weighted by molar-refractivity contribution is 0.499. The van der Waals surface area contributed by atoms with Crippen LogP contribution in [-0.2, 0) is 6.42 Å². The molecule has 106 valence electrons. The summed E-state index contributed by atoms with van der Waals surface area (Å²) in [6, 6.07) is 19.2. The van der Waals surface area contributed by atoms with Gasteiger partial charge in [0.2, 0.25) is 0 Å². The fourth-order valence-corrected chi connectivity index (χ4v) is 2.62. The summed E-state index contributed by atoms with van der Waals surface area (Å²) in [4.78, 5) is 0. The van der Waals surface area contributed by atoms with Crippen molar-refractivity contribution in [2.24, 2.45) is 0 Å². The summed E-state index contributed by atoms with van der Waals surface area (Å²) >= 11 is 6.24. The zero-order chi connectivity index (χ0) is 14.2. The zero-order valence-corrected chi connectivity index (χ0v) is 12.7. The predicted molar refractivity (Wildman–Crippen MR) is 87.2 cm³/mol. The van der Waals surface area contributed by atoms with Crippen molar-refractivity contribution in [3.63, 3.8) is 0 Å². The van der Waals surface area contributed by atoms with E-state index < -0.39 is 0 Å². The molecule has 1 N–H and O–H groups in total. The van der Waals surface area contributed by atoms with Crippen LogP contribution in [0.25, 0.3) is 0 Å². The van der Waals surface area contributed by atoms with Gasteiger partial charge < -0.3 is 5.32 Å². The van der Waals surface area contributed by atoms with Gasteiger partial charge in [-0.25, -0.2) is 0 Å². The van der Waals surface area contributed by atoms with Gasteiger partial charge in [-0.3, -0.25) is 0 Å². The lowest BCUT2D eigenvalue weighted by atomic mass is 9.99. The molecule has 0 bridgehead atoms. The summed E-state index contributed by atoms with van der Waals surface area (Å²) in [5, 5.41) is 4.50.